The van der Waals surface area contributed by atoms with Crippen molar-refractivity contribution in [3.63, 3.8) is 0 Å². The molecule has 8 heteroatoms. The van der Waals surface area contributed by atoms with Crippen LogP contribution in [-0.4, -0.2) is 20.1 Å². The van der Waals surface area contributed by atoms with Crippen molar-refractivity contribution < 1.29 is 17.9 Å². The van der Waals surface area contributed by atoms with Crippen LogP contribution in [0.25, 0.3) is 11.0 Å². The van der Waals surface area contributed by atoms with Crippen molar-refractivity contribution in [2.45, 2.75) is 29.4 Å². The predicted molar refractivity (Wildman–Crippen MR) is 102 cm³/mol. The lowest BCUT2D eigenvalue weighted by Crippen LogP contribution is -2.22. The van der Waals surface area contributed by atoms with E-state index in [1.54, 1.807) is 18.2 Å². The van der Waals surface area contributed by atoms with Gasteiger partial charge in [-0.3, -0.25) is 0 Å². The minimum Gasteiger partial charge on any atom is -0.459 e. The molecule has 0 atom stereocenters. The SMILES string of the molecule is Cl.O=S(=O)(c1ccc(CO)cc1)c1cc(Cl)c2oc3c(c2c1)CNCC3. The van der Waals surface area contributed by atoms with Gasteiger partial charge in [0.25, 0.3) is 0 Å². The molecule has 1 aromatic heterocycles. The van der Waals surface area contributed by atoms with Crippen LogP contribution in [0, 0.1) is 0 Å². The maximum Gasteiger partial charge on any atom is 0.206 e. The van der Waals surface area contributed by atoms with Gasteiger partial charge in [-0.25, -0.2) is 8.42 Å². The topological polar surface area (TPSA) is 79.5 Å². The Bertz CT molecular complexity index is 1060. The summed E-state index contributed by atoms with van der Waals surface area (Å²) in [5.41, 5.74) is 2.16. The lowest BCUT2D eigenvalue weighted by Gasteiger charge is -2.11. The zero-order chi connectivity index (χ0) is 17.6. The number of sulfone groups is 1. The van der Waals surface area contributed by atoms with Gasteiger partial charge in [-0.15, -0.1) is 12.4 Å². The van der Waals surface area contributed by atoms with E-state index in [1.165, 1.54) is 18.2 Å². The molecule has 1 aliphatic heterocycles. The molecule has 1 aliphatic rings. The first kappa shape index (κ1) is 19.2. The number of halogens is 2. The van der Waals surface area contributed by atoms with Crippen LogP contribution in [0.3, 0.4) is 0 Å². The third kappa shape index (κ3) is 3.12. The van der Waals surface area contributed by atoms with Gasteiger partial charge in [0.1, 0.15) is 5.76 Å². The first-order valence-electron chi connectivity index (χ1n) is 7.90. The fraction of sp³-hybridized carbons (Fsp3) is 0.222. The summed E-state index contributed by atoms with van der Waals surface area (Å²) < 4.78 is 31.7. The number of hydrogen-bond donors (Lipinski definition) is 2. The van der Waals surface area contributed by atoms with Crippen LogP contribution in [0.4, 0.5) is 0 Å². The Morgan fingerprint density at radius 2 is 1.88 bits per heavy atom. The molecule has 3 aromatic rings. The van der Waals surface area contributed by atoms with E-state index in [-0.39, 0.29) is 33.8 Å². The minimum atomic E-state index is -3.71. The number of aliphatic hydroxyl groups excluding tert-OH is 1. The van der Waals surface area contributed by atoms with Gasteiger partial charge in [0.2, 0.25) is 9.84 Å². The molecule has 5 nitrogen and oxygen atoms in total. The van der Waals surface area contributed by atoms with Crippen molar-refractivity contribution in [3.8, 4) is 0 Å². The Balaban J connectivity index is 0.00000196. The van der Waals surface area contributed by atoms with Crippen LogP contribution in [0.1, 0.15) is 16.9 Å². The van der Waals surface area contributed by atoms with Crippen molar-refractivity contribution in [1.29, 1.82) is 0 Å². The Labute approximate surface area is 162 Å². The number of aliphatic hydroxyl groups is 1. The van der Waals surface area contributed by atoms with Crippen molar-refractivity contribution >= 4 is 44.8 Å². The molecule has 0 bridgehead atoms. The molecule has 0 unspecified atom stereocenters. The van der Waals surface area contributed by atoms with Crippen molar-refractivity contribution in [3.05, 3.63) is 58.3 Å². The van der Waals surface area contributed by atoms with E-state index in [9.17, 15) is 8.42 Å². The van der Waals surface area contributed by atoms with Gasteiger partial charge in [0.15, 0.2) is 5.58 Å². The van der Waals surface area contributed by atoms with E-state index in [0.717, 1.165) is 29.7 Å². The van der Waals surface area contributed by atoms with Crippen LogP contribution >= 0.6 is 24.0 Å². The lowest BCUT2D eigenvalue weighted by molar-refractivity contribution is 0.282. The smallest absolute Gasteiger partial charge is 0.206 e. The normalized spacial score (nSPS) is 14.1. The average molecular weight is 414 g/mol. The zero-order valence-electron chi connectivity index (χ0n) is 13.7. The van der Waals surface area contributed by atoms with Crippen LogP contribution in [-0.2, 0) is 29.4 Å². The molecule has 2 aromatic carbocycles. The molecule has 26 heavy (non-hydrogen) atoms. The second-order valence-corrected chi connectivity index (χ2v) is 8.37. The van der Waals surface area contributed by atoms with E-state index in [1.807, 2.05) is 0 Å². The number of benzene rings is 2. The van der Waals surface area contributed by atoms with Gasteiger partial charge in [-0.05, 0) is 29.8 Å². The molecule has 138 valence electrons. The minimum absolute atomic E-state index is 0. The number of fused-ring (bicyclic) bond motifs is 3. The predicted octanol–water partition coefficient (Wildman–Crippen LogP) is 3.48. The van der Waals surface area contributed by atoms with E-state index < -0.39 is 9.84 Å². The van der Waals surface area contributed by atoms with Gasteiger partial charge in [0, 0.05) is 30.5 Å². The van der Waals surface area contributed by atoms with Gasteiger partial charge in [-0.1, -0.05) is 23.7 Å². The number of furan rings is 1. The molecule has 0 spiro atoms. The molecule has 4 rings (SSSR count). The quantitative estimate of drug-likeness (QED) is 0.686. The highest BCUT2D eigenvalue weighted by atomic mass is 35.5. The van der Waals surface area contributed by atoms with Crippen molar-refractivity contribution in [2.75, 3.05) is 6.54 Å². The van der Waals surface area contributed by atoms with Gasteiger partial charge in [0.05, 0.1) is 21.4 Å². The Kier molecular flexibility index (Phi) is 5.33. The molecule has 0 aliphatic carbocycles. The highest BCUT2D eigenvalue weighted by Crippen LogP contribution is 2.36. The summed E-state index contributed by atoms with van der Waals surface area (Å²) in [6.45, 7) is 1.33. The Morgan fingerprint density at radius 1 is 1.15 bits per heavy atom. The van der Waals surface area contributed by atoms with Crippen LogP contribution in [0.15, 0.2) is 50.6 Å². The van der Waals surface area contributed by atoms with Crippen LogP contribution in [0.5, 0.6) is 0 Å². The fourth-order valence-corrected chi connectivity index (χ4v) is 4.74. The summed E-state index contributed by atoms with van der Waals surface area (Å²) >= 11 is 6.31. The molecule has 2 N–H and O–H groups in total. The van der Waals surface area contributed by atoms with Crippen LogP contribution < -0.4 is 5.32 Å². The standard InChI is InChI=1S/C18H16ClNO4S.ClH/c19-16-8-13(25(22,23)12-3-1-11(10-21)2-4-12)7-14-15-9-20-6-5-17(15)24-18(14)16;/h1-4,7-8,20-21H,5-6,9-10H2;1H. The van der Waals surface area contributed by atoms with E-state index in [2.05, 4.69) is 5.32 Å². The third-order valence-corrected chi connectivity index (χ3v) is 6.49. The van der Waals surface area contributed by atoms with Gasteiger partial charge in [-0.2, -0.15) is 0 Å². The summed E-state index contributed by atoms with van der Waals surface area (Å²) in [5.74, 6) is 0.859. The first-order valence-corrected chi connectivity index (χ1v) is 9.76. The number of nitrogens with one attached hydrogen (secondary N) is 1. The third-order valence-electron chi connectivity index (χ3n) is 4.46. The molecule has 2 heterocycles. The molecule has 0 amide bonds. The van der Waals surface area contributed by atoms with Crippen molar-refractivity contribution in [2.24, 2.45) is 0 Å². The lowest BCUT2D eigenvalue weighted by atomic mass is 10.1. The molecule has 0 saturated carbocycles. The van der Waals surface area contributed by atoms with Gasteiger partial charge < -0.3 is 14.8 Å². The number of rotatable bonds is 3. The first-order chi connectivity index (χ1) is 12.0. The van der Waals surface area contributed by atoms with Crippen LogP contribution in [0.2, 0.25) is 5.02 Å². The summed E-state index contributed by atoms with van der Waals surface area (Å²) in [4.78, 5) is 0.298. The highest BCUT2D eigenvalue weighted by Gasteiger charge is 2.24. The summed E-state index contributed by atoms with van der Waals surface area (Å²) in [5, 5.41) is 13.4. The van der Waals surface area contributed by atoms with E-state index in [4.69, 9.17) is 21.1 Å². The second kappa shape index (κ2) is 7.21. The van der Waals surface area contributed by atoms with Gasteiger partial charge >= 0.3 is 0 Å². The molecular formula is C18H17Cl2NO4S. The largest absolute Gasteiger partial charge is 0.459 e. The van der Waals surface area contributed by atoms with E-state index >= 15 is 0 Å². The summed E-state index contributed by atoms with van der Waals surface area (Å²) in [7, 11) is -3.71. The maximum atomic E-state index is 13.0. The average Bonchev–Trinajstić information content (AvgIpc) is 3.01. The zero-order valence-corrected chi connectivity index (χ0v) is 16.0. The molecule has 0 saturated heterocycles. The Morgan fingerprint density at radius 3 is 2.58 bits per heavy atom. The summed E-state index contributed by atoms with van der Waals surface area (Å²) in [6, 6.07) is 9.23. The number of hydrogen-bond acceptors (Lipinski definition) is 5. The monoisotopic (exact) mass is 413 g/mol. The molecule has 0 radical (unpaired) electrons. The highest BCUT2D eigenvalue weighted by molar-refractivity contribution is 7.91. The Hall–Kier alpha value is -1.57. The fourth-order valence-electron chi connectivity index (χ4n) is 3.11. The maximum absolute atomic E-state index is 13.0. The van der Waals surface area contributed by atoms with Crippen molar-refractivity contribution in [1.82, 2.24) is 5.32 Å². The molecular weight excluding hydrogens is 397 g/mol. The summed E-state index contributed by atoms with van der Waals surface area (Å²) in [6.07, 6.45) is 0.755. The van der Waals surface area contributed by atoms with E-state index in [0.29, 0.717) is 17.7 Å². The second-order valence-electron chi connectivity index (χ2n) is 6.02. The molecule has 0 fully saturated rings.